The number of nitrogens with one attached hydrogen (secondary N) is 2. The molecule has 1 saturated heterocycles. The predicted octanol–water partition coefficient (Wildman–Crippen LogP) is 1.76. The van der Waals surface area contributed by atoms with Gasteiger partial charge in [-0.25, -0.2) is 0 Å². The van der Waals surface area contributed by atoms with E-state index in [4.69, 9.17) is 0 Å². The van der Waals surface area contributed by atoms with Crippen LogP contribution in [-0.4, -0.2) is 25.2 Å². The van der Waals surface area contributed by atoms with Crippen molar-refractivity contribution >= 4 is 0 Å². The Kier molecular flexibility index (Phi) is 2.61. The standard InChI is InChI=1S/C12H24N2/c1-11(2,3)14-8-10-7-13-9-12(10)5-4-6-12/h10,13-14H,4-9H2,1-3H3. The van der Waals surface area contributed by atoms with Gasteiger partial charge in [0, 0.05) is 18.6 Å². The van der Waals surface area contributed by atoms with E-state index in [2.05, 4.69) is 31.4 Å². The molecule has 0 radical (unpaired) electrons. The van der Waals surface area contributed by atoms with Gasteiger partial charge in [0.2, 0.25) is 0 Å². The Morgan fingerprint density at radius 1 is 1.36 bits per heavy atom. The second-order valence-corrected chi connectivity index (χ2v) is 6.17. The van der Waals surface area contributed by atoms with Gasteiger partial charge in [-0.15, -0.1) is 0 Å². The third-order valence-electron chi connectivity index (χ3n) is 3.96. The molecule has 82 valence electrons. The lowest BCUT2D eigenvalue weighted by Crippen LogP contribution is -2.46. The van der Waals surface area contributed by atoms with Crippen LogP contribution in [0.3, 0.4) is 0 Å². The molecule has 1 aliphatic carbocycles. The molecule has 1 atom stereocenters. The second-order valence-electron chi connectivity index (χ2n) is 6.17. The van der Waals surface area contributed by atoms with E-state index in [1.165, 1.54) is 38.9 Å². The van der Waals surface area contributed by atoms with Crippen LogP contribution < -0.4 is 10.6 Å². The average molecular weight is 196 g/mol. The normalized spacial score (nSPS) is 30.6. The molecule has 0 bridgehead atoms. The third-order valence-corrected chi connectivity index (χ3v) is 3.96. The van der Waals surface area contributed by atoms with Crippen molar-refractivity contribution in [1.29, 1.82) is 0 Å². The van der Waals surface area contributed by atoms with Gasteiger partial charge in [0.15, 0.2) is 0 Å². The van der Waals surface area contributed by atoms with E-state index < -0.39 is 0 Å². The summed E-state index contributed by atoms with van der Waals surface area (Å²) in [5.74, 6) is 0.871. The van der Waals surface area contributed by atoms with E-state index in [-0.39, 0.29) is 5.54 Å². The Bertz CT molecular complexity index is 201. The molecular weight excluding hydrogens is 172 g/mol. The van der Waals surface area contributed by atoms with Crippen LogP contribution in [0.2, 0.25) is 0 Å². The molecule has 1 saturated carbocycles. The SMILES string of the molecule is CC(C)(C)NCC1CNCC12CCC2. The quantitative estimate of drug-likeness (QED) is 0.703. The molecule has 1 unspecified atom stereocenters. The van der Waals surface area contributed by atoms with Crippen LogP contribution in [0.25, 0.3) is 0 Å². The Labute approximate surface area is 87.8 Å². The smallest absolute Gasteiger partial charge is 0.00966 e. The van der Waals surface area contributed by atoms with Gasteiger partial charge in [0.05, 0.1) is 0 Å². The van der Waals surface area contributed by atoms with Crippen LogP contribution in [0.5, 0.6) is 0 Å². The maximum absolute atomic E-state index is 3.65. The highest BCUT2D eigenvalue weighted by molar-refractivity contribution is 5.01. The minimum Gasteiger partial charge on any atom is -0.316 e. The number of hydrogen-bond acceptors (Lipinski definition) is 2. The molecule has 2 rings (SSSR count). The minimum absolute atomic E-state index is 0.271. The van der Waals surface area contributed by atoms with E-state index in [1.807, 2.05) is 0 Å². The molecule has 2 fully saturated rings. The second kappa shape index (κ2) is 3.49. The van der Waals surface area contributed by atoms with Gasteiger partial charge < -0.3 is 10.6 Å². The Morgan fingerprint density at radius 3 is 2.57 bits per heavy atom. The summed E-state index contributed by atoms with van der Waals surface area (Å²) in [6, 6.07) is 0. The molecule has 0 aromatic carbocycles. The largest absolute Gasteiger partial charge is 0.316 e. The molecule has 2 aliphatic rings. The summed E-state index contributed by atoms with van der Waals surface area (Å²) < 4.78 is 0. The molecule has 0 aromatic heterocycles. The number of rotatable bonds is 2. The first-order valence-electron chi connectivity index (χ1n) is 5.98. The van der Waals surface area contributed by atoms with Crippen LogP contribution in [0.15, 0.2) is 0 Å². The fraction of sp³-hybridized carbons (Fsp3) is 1.00. The first kappa shape index (κ1) is 10.4. The van der Waals surface area contributed by atoms with Crippen molar-refractivity contribution in [3.8, 4) is 0 Å². The van der Waals surface area contributed by atoms with E-state index >= 15 is 0 Å². The molecule has 0 aromatic rings. The van der Waals surface area contributed by atoms with Crippen molar-refractivity contribution in [3.63, 3.8) is 0 Å². The topological polar surface area (TPSA) is 24.1 Å². The van der Waals surface area contributed by atoms with Gasteiger partial charge in [-0.2, -0.15) is 0 Å². The lowest BCUT2D eigenvalue weighted by Gasteiger charge is -2.43. The Morgan fingerprint density at radius 2 is 2.07 bits per heavy atom. The molecule has 0 amide bonds. The predicted molar refractivity (Wildman–Crippen MR) is 60.4 cm³/mol. The first-order chi connectivity index (χ1) is 6.52. The van der Waals surface area contributed by atoms with Crippen LogP contribution in [0, 0.1) is 11.3 Å². The lowest BCUT2D eigenvalue weighted by molar-refractivity contribution is 0.0929. The zero-order valence-corrected chi connectivity index (χ0v) is 9.82. The highest BCUT2D eigenvalue weighted by Gasteiger charge is 2.46. The molecule has 2 heteroatoms. The van der Waals surface area contributed by atoms with Crippen molar-refractivity contribution in [2.45, 2.75) is 45.6 Å². The average Bonchev–Trinajstić information content (AvgIpc) is 2.41. The summed E-state index contributed by atoms with van der Waals surface area (Å²) in [5, 5.41) is 7.21. The van der Waals surface area contributed by atoms with E-state index in [0.29, 0.717) is 5.41 Å². The fourth-order valence-electron chi connectivity index (χ4n) is 2.79. The molecule has 1 heterocycles. The summed E-state index contributed by atoms with van der Waals surface area (Å²) in [5.41, 5.74) is 0.950. The Balaban J connectivity index is 1.85. The van der Waals surface area contributed by atoms with Gasteiger partial charge in [-0.05, 0) is 51.5 Å². The summed E-state index contributed by atoms with van der Waals surface area (Å²) in [7, 11) is 0. The maximum atomic E-state index is 3.65. The highest BCUT2D eigenvalue weighted by atomic mass is 15.0. The summed E-state index contributed by atoms with van der Waals surface area (Å²) in [6.45, 7) is 10.4. The van der Waals surface area contributed by atoms with Gasteiger partial charge in [-0.1, -0.05) is 6.42 Å². The molecule has 14 heavy (non-hydrogen) atoms. The van der Waals surface area contributed by atoms with E-state index in [1.54, 1.807) is 0 Å². The van der Waals surface area contributed by atoms with Crippen LogP contribution >= 0.6 is 0 Å². The molecule has 2 nitrogen and oxygen atoms in total. The zero-order chi connectivity index (χ0) is 10.2. The van der Waals surface area contributed by atoms with Crippen LogP contribution in [0.4, 0.5) is 0 Å². The lowest BCUT2D eigenvalue weighted by atomic mass is 9.63. The van der Waals surface area contributed by atoms with Gasteiger partial charge in [-0.3, -0.25) is 0 Å². The minimum atomic E-state index is 0.271. The summed E-state index contributed by atoms with van der Waals surface area (Å²) in [4.78, 5) is 0. The molecule has 1 aliphatic heterocycles. The summed E-state index contributed by atoms with van der Waals surface area (Å²) in [6.07, 6.45) is 4.36. The fourth-order valence-corrected chi connectivity index (χ4v) is 2.79. The van der Waals surface area contributed by atoms with Crippen molar-refractivity contribution in [3.05, 3.63) is 0 Å². The number of hydrogen-bond donors (Lipinski definition) is 2. The molecular formula is C12H24N2. The van der Waals surface area contributed by atoms with Crippen molar-refractivity contribution in [2.24, 2.45) is 11.3 Å². The summed E-state index contributed by atoms with van der Waals surface area (Å²) >= 11 is 0. The van der Waals surface area contributed by atoms with Gasteiger partial charge in [0.25, 0.3) is 0 Å². The third kappa shape index (κ3) is 1.96. The monoisotopic (exact) mass is 196 g/mol. The maximum Gasteiger partial charge on any atom is 0.00966 e. The van der Waals surface area contributed by atoms with Crippen LogP contribution in [-0.2, 0) is 0 Å². The van der Waals surface area contributed by atoms with Crippen molar-refractivity contribution in [1.82, 2.24) is 10.6 Å². The molecule has 2 N–H and O–H groups in total. The van der Waals surface area contributed by atoms with E-state index in [0.717, 1.165) is 5.92 Å². The van der Waals surface area contributed by atoms with Gasteiger partial charge in [0.1, 0.15) is 0 Å². The van der Waals surface area contributed by atoms with E-state index in [9.17, 15) is 0 Å². The molecule has 1 spiro atoms. The Hall–Kier alpha value is -0.0800. The van der Waals surface area contributed by atoms with Crippen LogP contribution in [0.1, 0.15) is 40.0 Å². The van der Waals surface area contributed by atoms with Crippen molar-refractivity contribution < 1.29 is 0 Å². The highest BCUT2D eigenvalue weighted by Crippen LogP contribution is 2.48. The zero-order valence-electron chi connectivity index (χ0n) is 9.82. The first-order valence-corrected chi connectivity index (χ1v) is 5.98. The van der Waals surface area contributed by atoms with Crippen molar-refractivity contribution in [2.75, 3.05) is 19.6 Å². The van der Waals surface area contributed by atoms with Gasteiger partial charge >= 0.3 is 0 Å².